The van der Waals surface area contributed by atoms with Crippen LogP contribution in [0.25, 0.3) is 0 Å². The lowest BCUT2D eigenvalue weighted by Gasteiger charge is -2.26. The van der Waals surface area contributed by atoms with E-state index in [1.54, 1.807) is 6.20 Å². The molecule has 2 saturated heterocycles. The fourth-order valence-electron chi connectivity index (χ4n) is 2.41. The molecule has 3 rings (SSSR count). The summed E-state index contributed by atoms with van der Waals surface area (Å²) < 4.78 is 0. The van der Waals surface area contributed by atoms with E-state index >= 15 is 0 Å². The molecule has 0 aliphatic carbocycles. The zero-order valence-electron chi connectivity index (χ0n) is 9.22. The Morgan fingerprint density at radius 3 is 3.00 bits per heavy atom. The van der Waals surface area contributed by atoms with Crippen LogP contribution in [-0.2, 0) is 0 Å². The Morgan fingerprint density at radius 2 is 2.44 bits per heavy atom. The van der Waals surface area contributed by atoms with Crippen LogP contribution in [0.5, 0.6) is 0 Å². The molecule has 0 N–H and O–H groups in total. The number of fused-ring (bicyclic) bond motifs is 2. The summed E-state index contributed by atoms with van der Waals surface area (Å²) in [6, 6.07) is 4.24. The molecule has 16 heavy (non-hydrogen) atoms. The molecule has 2 unspecified atom stereocenters. The summed E-state index contributed by atoms with van der Waals surface area (Å²) in [4.78, 5) is 18.4. The van der Waals surface area contributed by atoms with Gasteiger partial charge in [0.05, 0.1) is 5.56 Å². The molecule has 2 fully saturated rings. The molecule has 2 bridgehead atoms. The molecule has 4 heteroatoms. The third kappa shape index (κ3) is 1.61. The Labute approximate surface area is 99.2 Å². The van der Waals surface area contributed by atoms with E-state index in [1.807, 2.05) is 35.7 Å². The molecule has 2 aliphatic heterocycles. The van der Waals surface area contributed by atoms with Gasteiger partial charge >= 0.3 is 0 Å². The standard InChI is InChI=1S/C12H14N2OS/c1-8-2-3-9(5-13-8)12(15)14-6-11-4-10(14)7-16-11/h2-3,5,10-11H,4,6-7H2,1H3. The van der Waals surface area contributed by atoms with Gasteiger partial charge in [-0.2, -0.15) is 11.8 Å². The molecule has 1 amide bonds. The second kappa shape index (κ2) is 3.77. The lowest BCUT2D eigenvalue weighted by molar-refractivity contribution is 0.0747. The summed E-state index contributed by atoms with van der Waals surface area (Å²) in [6.07, 6.45) is 2.87. The highest BCUT2D eigenvalue weighted by Crippen LogP contribution is 2.37. The van der Waals surface area contributed by atoms with Crippen LogP contribution in [0.3, 0.4) is 0 Å². The van der Waals surface area contributed by atoms with Crippen molar-refractivity contribution in [1.82, 2.24) is 9.88 Å². The van der Waals surface area contributed by atoms with E-state index in [9.17, 15) is 4.79 Å². The molecule has 1 aromatic rings. The van der Waals surface area contributed by atoms with Crippen molar-refractivity contribution < 1.29 is 4.79 Å². The predicted octanol–water partition coefficient (Wildman–Crippen LogP) is 1.72. The molecule has 3 nitrogen and oxygen atoms in total. The van der Waals surface area contributed by atoms with Crippen molar-refractivity contribution >= 4 is 17.7 Å². The number of aromatic nitrogens is 1. The number of amides is 1. The normalized spacial score (nSPS) is 27.4. The molecule has 0 aromatic carbocycles. The maximum Gasteiger partial charge on any atom is 0.255 e. The van der Waals surface area contributed by atoms with Crippen LogP contribution in [0, 0.1) is 6.92 Å². The largest absolute Gasteiger partial charge is 0.334 e. The van der Waals surface area contributed by atoms with Gasteiger partial charge in [-0.1, -0.05) is 0 Å². The van der Waals surface area contributed by atoms with E-state index < -0.39 is 0 Å². The van der Waals surface area contributed by atoms with Crippen molar-refractivity contribution in [3.63, 3.8) is 0 Å². The van der Waals surface area contributed by atoms with Gasteiger partial charge in [-0.05, 0) is 25.5 Å². The number of hydrogen-bond donors (Lipinski definition) is 0. The molecule has 2 aliphatic rings. The topological polar surface area (TPSA) is 33.2 Å². The number of hydrogen-bond acceptors (Lipinski definition) is 3. The average molecular weight is 234 g/mol. The zero-order valence-corrected chi connectivity index (χ0v) is 10.0. The van der Waals surface area contributed by atoms with Crippen LogP contribution in [0.1, 0.15) is 22.5 Å². The van der Waals surface area contributed by atoms with Gasteiger partial charge in [-0.15, -0.1) is 0 Å². The molecule has 3 heterocycles. The minimum atomic E-state index is 0.153. The van der Waals surface area contributed by atoms with Crippen LogP contribution >= 0.6 is 11.8 Å². The van der Waals surface area contributed by atoms with Crippen molar-refractivity contribution in [3.05, 3.63) is 29.6 Å². The second-order valence-electron chi connectivity index (χ2n) is 4.49. The van der Waals surface area contributed by atoms with Gasteiger partial charge in [0.2, 0.25) is 0 Å². The predicted molar refractivity (Wildman–Crippen MR) is 64.7 cm³/mol. The van der Waals surface area contributed by atoms with Crippen molar-refractivity contribution in [2.45, 2.75) is 24.6 Å². The Kier molecular flexibility index (Phi) is 2.39. The molecule has 0 spiro atoms. The minimum absolute atomic E-state index is 0.153. The molecule has 0 saturated carbocycles. The van der Waals surface area contributed by atoms with Crippen LogP contribution < -0.4 is 0 Å². The van der Waals surface area contributed by atoms with E-state index in [0.29, 0.717) is 11.3 Å². The monoisotopic (exact) mass is 234 g/mol. The first-order valence-corrected chi connectivity index (χ1v) is 6.64. The van der Waals surface area contributed by atoms with Gasteiger partial charge in [-0.25, -0.2) is 0 Å². The third-order valence-corrected chi connectivity index (χ3v) is 4.71. The van der Waals surface area contributed by atoms with E-state index in [4.69, 9.17) is 0 Å². The Morgan fingerprint density at radius 1 is 1.56 bits per heavy atom. The van der Waals surface area contributed by atoms with Crippen molar-refractivity contribution in [3.8, 4) is 0 Å². The van der Waals surface area contributed by atoms with Crippen LogP contribution in [-0.4, -0.2) is 39.4 Å². The highest BCUT2D eigenvalue weighted by atomic mass is 32.2. The zero-order chi connectivity index (χ0) is 11.1. The van der Waals surface area contributed by atoms with Crippen molar-refractivity contribution in [2.24, 2.45) is 0 Å². The second-order valence-corrected chi connectivity index (χ2v) is 5.82. The highest BCUT2D eigenvalue weighted by molar-refractivity contribution is 8.00. The van der Waals surface area contributed by atoms with Crippen LogP contribution in [0.2, 0.25) is 0 Å². The van der Waals surface area contributed by atoms with E-state index in [1.165, 1.54) is 6.42 Å². The fraction of sp³-hybridized carbons (Fsp3) is 0.500. The van der Waals surface area contributed by atoms with Gasteiger partial charge in [0.15, 0.2) is 0 Å². The average Bonchev–Trinajstić information content (AvgIpc) is 2.91. The smallest absolute Gasteiger partial charge is 0.255 e. The van der Waals surface area contributed by atoms with Gasteiger partial charge in [-0.3, -0.25) is 9.78 Å². The summed E-state index contributed by atoms with van der Waals surface area (Å²) in [7, 11) is 0. The highest BCUT2D eigenvalue weighted by Gasteiger charge is 2.41. The number of carbonyl (C=O) groups excluding carboxylic acids is 1. The molecular formula is C12H14N2OS. The molecule has 2 atom stereocenters. The molecular weight excluding hydrogens is 220 g/mol. The van der Waals surface area contributed by atoms with Gasteiger partial charge < -0.3 is 4.90 Å². The molecule has 1 aromatic heterocycles. The summed E-state index contributed by atoms with van der Waals surface area (Å²) in [5.41, 5.74) is 1.68. The lowest BCUT2D eigenvalue weighted by Crippen LogP contribution is -2.39. The number of pyridine rings is 1. The minimum Gasteiger partial charge on any atom is -0.334 e. The maximum absolute atomic E-state index is 12.2. The van der Waals surface area contributed by atoms with E-state index in [0.717, 1.165) is 23.6 Å². The Bertz CT molecular complexity index is 418. The number of nitrogens with zero attached hydrogens (tertiary/aromatic N) is 2. The quantitative estimate of drug-likeness (QED) is 0.742. The maximum atomic E-state index is 12.2. The molecule has 0 radical (unpaired) electrons. The van der Waals surface area contributed by atoms with Gasteiger partial charge in [0, 0.05) is 35.5 Å². The fourth-order valence-corrected chi connectivity index (χ4v) is 3.84. The van der Waals surface area contributed by atoms with Crippen LogP contribution in [0.4, 0.5) is 0 Å². The first kappa shape index (κ1) is 10.1. The first-order chi connectivity index (χ1) is 7.74. The van der Waals surface area contributed by atoms with E-state index in [2.05, 4.69) is 4.98 Å². The number of thioether (sulfide) groups is 1. The summed E-state index contributed by atoms with van der Waals surface area (Å²) in [6.45, 7) is 2.85. The Balaban J connectivity index is 1.80. The molecule has 84 valence electrons. The third-order valence-electron chi connectivity index (χ3n) is 3.32. The van der Waals surface area contributed by atoms with Crippen LogP contribution in [0.15, 0.2) is 18.3 Å². The first-order valence-electron chi connectivity index (χ1n) is 5.59. The Hall–Kier alpha value is -1.03. The summed E-state index contributed by atoms with van der Waals surface area (Å²) in [5.74, 6) is 1.26. The van der Waals surface area contributed by atoms with Gasteiger partial charge in [0.25, 0.3) is 5.91 Å². The SMILES string of the molecule is Cc1ccc(C(=O)N2CC3CC2CS3)cn1. The van der Waals surface area contributed by atoms with Crippen molar-refractivity contribution in [2.75, 3.05) is 12.3 Å². The van der Waals surface area contributed by atoms with E-state index in [-0.39, 0.29) is 5.91 Å². The lowest BCUT2D eigenvalue weighted by atomic mass is 10.2. The number of carbonyl (C=O) groups is 1. The van der Waals surface area contributed by atoms with Gasteiger partial charge in [0.1, 0.15) is 0 Å². The summed E-state index contributed by atoms with van der Waals surface area (Å²) in [5, 5.41) is 0.673. The van der Waals surface area contributed by atoms with Crippen molar-refractivity contribution in [1.29, 1.82) is 0 Å². The number of aryl methyl sites for hydroxylation is 1. The number of likely N-dealkylation sites (tertiary alicyclic amines) is 1. The summed E-state index contributed by atoms with van der Waals surface area (Å²) >= 11 is 2.00. The number of rotatable bonds is 1.